The average Bonchev–Trinajstić information content (AvgIpc) is 3.40. The van der Waals surface area contributed by atoms with Gasteiger partial charge in [-0.1, -0.05) is 42.5 Å². The Bertz CT molecular complexity index is 1170. The molecule has 3 heterocycles. The van der Waals surface area contributed by atoms with Crippen molar-refractivity contribution in [2.45, 2.75) is 38.4 Å². The molecule has 0 radical (unpaired) electrons. The third-order valence-electron chi connectivity index (χ3n) is 7.13. The second kappa shape index (κ2) is 9.02. The zero-order valence-electron chi connectivity index (χ0n) is 19.1. The number of rotatable bonds is 6. The van der Waals surface area contributed by atoms with E-state index in [4.69, 9.17) is 0 Å². The SMILES string of the molecule is C[C@@]1(C2CCN(Cc3cn[nH]c3-c3ccccc3)CC2)NC(=O)N(Cc2ccc(F)cc2)C1=O. The Kier molecular flexibility index (Phi) is 5.91. The number of nitrogens with zero attached hydrogens (tertiary/aromatic N) is 3. The highest BCUT2D eigenvalue weighted by atomic mass is 19.1. The van der Waals surface area contributed by atoms with E-state index in [2.05, 4.69) is 32.5 Å². The lowest BCUT2D eigenvalue weighted by molar-refractivity contribution is -0.133. The van der Waals surface area contributed by atoms with Gasteiger partial charge >= 0.3 is 6.03 Å². The summed E-state index contributed by atoms with van der Waals surface area (Å²) in [4.78, 5) is 29.6. The number of H-pyrrole nitrogens is 1. The molecular weight excluding hydrogens is 433 g/mol. The van der Waals surface area contributed by atoms with Crippen molar-refractivity contribution in [3.8, 4) is 11.3 Å². The number of hydrogen-bond donors (Lipinski definition) is 2. The Labute approximate surface area is 198 Å². The lowest BCUT2D eigenvalue weighted by atomic mass is 9.78. The minimum absolute atomic E-state index is 0.0522. The van der Waals surface area contributed by atoms with Gasteiger partial charge in [0.15, 0.2) is 0 Å². The van der Waals surface area contributed by atoms with Gasteiger partial charge in [-0.3, -0.25) is 19.7 Å². The van der Waals surface area contributed by atoms with Gasteiger partial charge in [0.1, 0.15) is 11.4 Å². The van der Waals surface area contributed by atoms with Gasteiger partial charge in [0.05, 0.1) is 18.4 Å². The van der Waals surface area contributed by atoms with Crippen molar-refractivity contribution in [3.05, 3.63) is 77.7 Å². The summed E-state index contributed by atoms with van der Waals surface area (Å²) in [6.07, 6.45) is 3.50. The number of aromatic nitrogens is 2. The maximum atomic E-state index is 13.3. The second-order valence-corrected chi connectivity index (χ2v) is 9.34. The first-order chi connectivity index (χ1) is 16.4. The zero-order valence-corrected chi connectivity index (χ0v) is 19.1. The number of nitrogens with one attached hydrogen (secondary N) is 2. The van der Waals surface area contributed by atoms with Crippen LogP contribution in [0.2, 0.25) is 0 Å². The number of urea groups is 1. The van der Waals surface area contributed by atoms with Crippen LogP contribution in [0.5, 0.6) is 0 Å². The van der Waals surface area contributed by atoms with Gasteiger partial charge in [-0.05, 0) is 62.0 Å². The van der Waals surface area contributed by atoms with E-state index in [1.807, 2.05) is 31.3 Å². The normalized spacial score (nSPS) is 21.8. The molecule has 3 aromatic rings. The predicted molar refractivity (Wildman–Crippen MR) is 126 cm³/mol. The first-order valence-electron chi connectivity index (χ1n) is 11.6. The van der Waals surface area contributed by atoms with Gasteiger partial charge in [-0.2, -0.15) is 5.10 Å². The predicted octanol–water partition coefficient (Wildman–Crippen LogP) is 3.94. The molecule has 2 saturated heterocycles. The number of amides is 3. The number of likely N-dealkylation sites (tertiary alicyclic amines) is 1. The molecular formula is C26H28FN5O2. The Balaban J connectivity index is 1.22. The van der Waals surface area contributed by atoms with E-state index in [1.54, 1.807) is 12.1 Å². The summed E-state index contributed by atoms with van der Waals surface area (Å²) in [5, 5.41) is 10.3. The van der Waals surface area contributed by atoms with E-state index in [0.29, 0.717) is 0 Å². The zero-order chi connectivity index (χ0) is 23.7. The van der Waals surface area contributed by atoms with Crippen molar-refractivity contribution in [1.29, 1.82) is 0 Å². The Morgan fingerprint density at radius 3 is 2.44 bits per heavy atom. The number of carbonyl (C=O) groups excluding carboxylic acids is 2. The molecule has 2 aliphatic rings. The van der Waals surface area contributed by atoms with Gasteiger partial charge in [0.2, 0.25) is 0 Å². The number of carbonyl (C=O) groups is 2. The largest absolute Gasteiger partial charge is 0.325 e. The molecule has 0 saturated carbocycles. The lowest BCUT2D eigenvalue weighted by Gasteiger charge is -2.38. The van der Waals surface area contributed by atoms with Crippen LogP contribution in [-0.4, -0.2) is 50.6 Å². The van der Waals surface area contributed by atoms with E-state index in [1.165, 1.54) is 17.0 Å². The molecule has 0 unspecified atom stereocenters. The Hall–Kier alpha value is -3.52. The highest BCUT2D eigenvalue weighted by Gasteiger charge is 2.52. The van der Waals surface area contributed by atoms with Gasteiger partial charge < -0.3 is 5.32 Å². The fourth-order valence-electron chi connectivity index (χ4n) is 5.10. The fraction of sp³-hybridized carbons (Fsp3) is 0.346. The topological polar surface area (TPSA) is 81.3 Å². The van der Waals surface area contributed by atoms with Gasteiger partial charge in [0, 0.05) is 12.1 Å². The summed E-state index contributed by atoms with van der Waals surface area (Å²) < 4.78 is 13.2. The molecule has 0 bridgehead atoms. The molecule has 1 aromatic heterocycles. The summed E-state index contributed by atoms with van der Waals surface area (Å²) in [7, 11) is 0. The number of imide groups is 1. The summed E-state index contributed by atoms with van der Waals surface area (Å²) in [5.74, 6) is -0.498. The molecule has 0 spiro atoms. The molecule has 1 atom stereocenters. The smallest absolute Gasteiger partial charge is 0.323 e. The first-order valence-corrected chi connectivity index (χ1v) is 11.6. The van der Waals surface area contributed by atoms with Crippen molar-refractivity contribution >= 4 is 11.9 Å². The molecule has 2 aromatic carbocycles. The fourth-order valence-corrected chi connectivity index (χ4v) is 5.10. The van der Waals surface area contributed by atoms with Crippen LogP contribution in [0.15, 0.2) is 60.8 Å². The quantitative estimate of drug-likeness (QED) is 0.545. The molecule has 8 heteroatoms. The third kappa shape index (κ3) is 4.21. The van der Waals surface area contributed by atoms with Crippen LogP contribution >= 0.6 is 0 Å². The minimum Gasteiger partial charge on any atom is -0.323 e. The molecule has 7 nitrogen and oxygen atoms in total. The van der Waals surface area contributed by atoms with E-state index in [-0.39, 0.29) is 30.2 Å². The van der Waals surface area contributed by atoms with Crippen LogP contribution in [0, 0.1) is 11.7 Å². The molecule has 0 aliphatic carbocycles. The molecule has 3 amide bonds. The highest BCUT2D eigenvalue weighted by molar-refractivity contribution is 6.06. The summed E-state index contributed by atoms with van der Waals surface area (Å²) in [5.41, 5.74) is 3.08. The average molecular weight is 462 g/mol. The van der Waals surface area contributed by atoms with Gasteiger partial charge in [0.25, 0.3) is 5.91 Å². The van der Waals surface area contributed by atoms with Gasteiger partial charge in [-0.25, -0.2) is 9.18 Å². The number of aromatic amines is 1. The maximum Gasteiger partial charge on any atom is 0.325 e. The van der Waals surface area contributed by atoms with Crippen molar-refractivity contribution in [2.75, 3.05) is 13.1 Å². The molecule has 34 heavy (non-hydrogen) atoms. The Morgan fingerprint density at radius 2 is 1.74 bits per heavy atom. The third-order valence-corrected chi connectivity index (χ3v) is 7.13. The number of halogens is 1. The standard InChI is InChI=1S/C26H28FN5O2/c1-26(24(33)32(25(34)29-26)16-18-7-9-22(27)10-8-18)21-11-13-31(14-12-21)17-20-15-28-30-23(20)19-5-3-2-4-6-19/h2-10,15,21H,11-14,16-17H2,1H3,(H,28,30)(H,29,34)/t26-/m0/s1. The van der Waals surface area contributed by atoms with E-state index < -0.39 is 5.54 Å². The first kappa shape index (κ1) is 22.3. The molecule has 2 aliphatic heterocycles. The van der Waals surface area contributed by atoms with Crippen molar-refractivity contribution < 1.29 is 14.0 Å². The van der Waals surface area contributed by atoms with Crippen LogP contribution in [0.4, 0.5) is 9.18 Å². The van der Waals surface area contributed by atoms with Gasteiger partial charge in [-0.15, -0.1) is 0 Å². The summed E-state index contributed by atoms with van der Waals surface area (Å²) in [6.45, 7) is 4.42. The van der Waals surface area contributed by atoms with E-state index in [9.17, 15) is 14.0 Å². The van der Waals surface area contributed by atoms with Crippen LogP contribution in [-0.2, 0) is 17.9 Å². The monoisotopic (exact) mass is 461 g/mol. The van der Waals surface area contributed by atoms with Crippen LogP contribution < -0.4 is 5.32 Å². The van der Waals surface area contributed by atoms with Crippen LogP contribution in [0.1, 0.15) is 30.9 Å². The van der Waals surface area contributed by atoms with Crippen molar-refractivity contribution in [2.24, 2.45) is 5.92 Å². The molecule has 2 N–H and O–H groups in total. The molecule has 2 fully saturated rings. The van der Waals surface area contributed by atoms with E-state index >= 15 is 0 Å². The molecule has 176 valence electrons. The number of piperidine rings is 1. The second-order valence-electron chi connectivity index (χ2n) is 9.34. The van der Waals surface area contributed by atoms with Crippen molar-refractivity contribution in [3.63, 3.8) is 0 Å². The van der Waals surface area contributed by atoms with Crippen LogP contribution in [0.25, 0.3) is 11.3 Å². The minimum atomic E-state index is -0.923. The summed E-state index contributed by atoms with van der Waals surface area (Å²) >= 11 is 0. The highest BCUT2D eigenvalue weighted by Crippen LogP contribution is 2.35. The van der Waals surface area contributed by atoms with E-state index in [0.717, 1.165) is 54.9 Å². The summed E-state index contributed by atoms with van der Waals surface area (Å²) in [6, 6.07) is 15.6. The number of benzene rings is 2. The number of hydrogen-bond acceptors (Lipinski definition) is 4. The maximum absolute atomic E-state index is 13.3. The molecule has 5 rings (SSSR count). The Morgan fingerprint density at radius 1 is 1.03 bits per heavy atom. The van der Waals surface area contributed by atoms with Crippen LogP contribution in [0.3, 0.4) is 0 Å². The lowest BCUT2D eigenvalue weighted by Crippen LogP contribution is -2.53. The van der Waals surface area contributed by atoms with Crippen molar-refractivity contribution in [1.82, 2.24) is 25.3 Å².